The highest BCUT2D eigenvalue weighted by atomic mass is 14.9. The van der Waals surface area contributed by atoms with E-state index in [1.807, 2.05) is 12.3 Å². The third-order valence-corrected chi connectivity index (χ3v) is 1.88. The van der Waals surface area contributed by atoms with Crippen molar-refractivity contribution in [3.63, 3.8) is 0 Å². The fourth-order valence-corrected chi connectivity index (χ4v) is 1.02. The maximum atomic E-state index is 5.21. The van der Waals surface area contributed by atoms with Crippen LogP contribution in [0.2, 0.25) is 0 Å². The van der Waals surface area contributed by atoms with Crippen LogP contribution in [0.1, 0.15) is 11.3 Å². The van der Waals surface area contributed by atoms with E-state index in [2.05, 4.69) is 30.4 Å². The molecular weight excluding hydrogens is 134 g/mol. The number of aryl methyl sites for hydroxylation is 1. The van der Waals surface area contributed by atoms with Gasteiger partial charge in [0, 0.05) is 18.6 Å². The number of aromatic nitrogens is 1. The van der Waals surface area contributed by atoms with Crippen LogP contribution in [0.5, 0.6) is 0 Å². The van der Waals surface area contributed by atoms with E-state index in [0.29, 0.717) is 6.54 Å². The van der Waals surface area contributed by atoms with Crippen LogP contribution in [0, 0.1) is 26.2 Å². The zero-order valence-electron chi connectivity index (χ0n) is 6.96. The first-order valence-electron chi connectivity index (χ1n) is 3.65. The highest BCUT2D eigenvalue weighted by Crippen LogP contribution is 1.97. The Labute approximate surface area is 67.7 Å². The Kier molecular flexibility index (Phi) is 2.28. The van der Waals surface area contributed by atoms with Crippen LogP contribution < -0.4 is 4.57 Å². The number of hydrogen-bond acceptors (Lipinski definition) is 0. The lowest BCUT2D eigenvalue weighted by atomic mass is 10.2. The summed E-state index contributed by atoms with van der Waals surface area (Å²) in [5.74, 6) is 2.62. The summed E-state index contributed by atoms with van der Waals surface area (Å²) in [6, 6.07) is 4.10. The van der Waals surface area contributed by atoms with Gasteiger partial charge in [-0.3, -0.25) is 0 Å². The number of terminal acetylenes is 1. The molecular formula is C10H12N+. The number of rotatable bonds is 1. The van der Waals surface area contributed by atoms with Crippen molar-refractivity contribution in [1.82, 2.24) is 0 Å². The van der Waals surface area contributed by atoms with Crippen LogP contribution >= 0.6 is 0 Å². The molecule has 1 nitrogen and oxygen atoms in total. The molecule has 1 aromatic rings. The van der Waals surface area contributed by atoms with Gasteiger partial charge in [0.05, 0.1) is 0 Å². The molecule has 56 valence electrons. The molecule has 1 rings (SSSR count). The average molecular weight is 146 g/mol. The minimum atomic E-state index is 0.660. The van der Waals surface area contributed by atoms with Crippen molar-refractivity contribution in [2.24, 2.45) is 0 Å². The van der Waals surface area contributed by atoms with Gasteiger partial charge in [-0.25, -0.2) is 0 Å². The van der Waals surface area contributed by atoms with Crippen LogP contribution in [0.4, 0.5) is 0 Å². The zero-order chi connectivity index (χ0) is 8.27. The lowest BCUT2D eigenvalue weighted by molar-refractivity contribution is -0.691. The van der Waals surface area contributed by atoms with Crippen LogP contribution in [0.3, 0.4) is 0 Å². The van der Waals surface area contributed by atoms with Gasteiger partial charge in [-0.15, -0.1) is 6.42 Å². The molecule has 0 aliphatic rings. The van der Waals surface area contributed by atoms with Crippen LogP contribution in [-0.4, -0.2) is 0 Å². The summed E-state index contributed by atoms with van der Waals surface area (Å²) in [6.07, 6.45) is 7.21. The Morgan fingerprint density at radius 3 is 2.91 bits per heavy atom. The zero-order valence-corrected chi connectivity index (χ0v) is 6.96. The summed E-state index contributed by atoms with van der Waals surface area (Å²) in [6.45, 7) is 4.82. The molecule has 0 radical (unpaired) electrons. The molecule has 0 saturated carbocycles. The summed E-state index contributed by atoms with van der Waals surface area (Å²) in [5.41, 5.74) is 2.52. The molecule has 1 aromatic heterocycles. The normalized spacial score (nSPS) is 9.18. The maximum Gasteiger partial charge on any atom is 0.209 e. The van der Waals surface area contributed by atoms with E-state index in [4.69, 9.17) is 6.42 Å². The van der Waals surface area contributed by atoms with Gasteiger partial charge in [0.1, 0.15) is 0 Å². The molecule has 0 atom stereocenters. The molecule has 1 heteroatoms. The Hall–Kier alpha value is -1.29. The van der Waals surface area contributed by atoms with Gasteiger partial charge in [0.15, 0.2) is 11.9 Å². The van der Waals surface area contributed by atoms with Gasteiger partial charge in [-0.2, -0.15) is 4.57 Å². The fourth-order valence-electron chi connectivity index (χ4n) is 1.02. The first-order valence-corrected chi connectivity index (χ1v) is 3.65. The van der Waals surface area contributed by atoms with E-state index in [9.17, 15) is 0 Å². The SMILES string of the molecule is C#CC[n+]1cccc(C)c1C. The minimum absolute atomic E-state index is 0.660. The van der Waals surface area contributed by atoms with E-state index in [1.54, 1.807) is 0 Å². The van der Waals surface area contributed by atoms with E-state index in [1.165, 1.54) is 11.3 Å². The third-order valence-electron chi connectivity index (χ3n) is 1.88. The number of hydrogen-bond donors (Lipinski definition) is 0. The van der Waals surface area contributed by atoms with Crippen molar-refractivity contribution in [1.29, 1.82) is 0 Å². The summed E-state index contributed by atoms with van der Waals surface area (Å²) in [7, 11) is 0. The molecule has 11 heavy (non-hydrogen) atoms. The van der Waals surface area contributed by atoms with Crippen molar-refractivity contribution in [2.45, 2.75) is 20.4 Å². The molecule has 1 heterocycles. The predicted molar refractivity (Wildman–Crippen MR) is 44.9 cm³/mol. The van der Waals surface area contributed by atoms with E-state index in [0.717, 1.165) is 0 Å². The van der Waals surface area contributed by atoms with Gasteiger partial charge in [0.2, 0.25) is 6.54 Å². The molecule has 0 aliphatic heterocycles. The van der Waals surface area contributed by atoms with Crippen molar-refractivity contribution in [2.75, 3.05) is 0 Å². The third kappa shape index (κ3) is 1.59. The van der Waals surface area contributed by atoms with E-state index in [-0.39, 0.29) is 0 Å². The molecule has 0 bridgehead atoms. The van der Waals surface area contributed by atoms with Gasteiger partial charge in [-0.1, -0.05) is 0 Å². The average Bonchev–Trinajstić information content (AvgIpc) is 1.99. The smallest absolute Gasteiger partial charge is 0.191 e. The second kappa shape index (κ2) is 3.21. The van der Waals surface area contributed by atoms with E-state index >= 15 is 0 Å². The van der Waals surface area contributed by atoms with Crippen LogP contribution in [0.15, 0.2) is 18.3 Å². The Balaban J connectivity index is 3.08. The summed E-state index contributed by atoms with van der Waals surface area (Å²) < 4.78 is 2.06. The molecule has 0 amide bonds. The fraction of sp³-hybridized carbons (Fsp3) is 0.300. The van der Waals surface area contributed by atoms with Gasteiger partial charge in [0.25, 0.3) is 0 Å². The minimum Gasteiger partial charge on any atom is -0.191 e. The molecule has 0 N–H and O–H groups in total. The summed E-state index contributed by atoms with van der Waals surface area (Å²) >= 11 is 0. The molecule has 0 aliphatic carbocycles. The highest BCUT2D eigenvalue weighted by molar-refractivity contribution is 5.11. The maximum absolute atomic E-state index is 5.21. The van der Waals surface area contributed by atoms with Crippen molar-refractivity contribution >= 4 is 0 Å². The number of pyridine rings is 1. The van der Waals surface area contributed by atoms with Crippen LogP contribution in [-0.2, 0) is 6.54 Å². The lowest BCUT2D eigenvalue weighted by Gasteiger charge is -1.97. The Morgan fingerprint density at radius 2 is 2.27 bits per heavy atom. The van der Waals surface area contributed by atoms with Crippen LogP contribution in [0.25, 0.3) is 0 Å². The second-order valence-corrected chi connectivity index (χ2v) is 2.61. The first kappa shape index (κ1) is 7.81. The van der Waals surface area contributed by atoms with Gasteiger partial charge in [-0.05, 0) is 18.9 Å². The molecule has 0 fully saturated rings. The first-order chi connectivity index (χ1) is 5.25. The molecule has 0 saturated heterocycles. The number of nitrogens with zero attached hydrogens (tertiary/aromatic N) is 1. The quantitative estimate of drug-likeness (QED) is 0.414. The van der Waals surface area contributed by atoms with E-state index < -0.39 is 0 Å². The highest BCUT2D eigenvalue weighted by Gasteiger charge is 2.04. The van der Waals surface area contributed by atoms with Crippen molar-refractivity contribution in [3.8, 4) is 12.3 Å². The standard InChI is InChI=1S/C10H12N/c1-4-7-11-8-5-6-9(2)10(11)3/h1,5-6,8H,7H2,2-3H3/q+1. The van der Waals surface area contributed by atoms with Crippen molar-refractivity contribution < 1.29 is 4.57 Å². The van der Waals surface area contributed by atoms with Gasteiger partial charge >= 0.3 is 0 Å². The topological polar surface area (TPSA) is 3.88 Å². The monoisotopic (exact) mass is 146 g/mol. The largest absolute Gasteiger partial charge is 0.209 e. The lowest BCUT2D eigenvalue weighted by Crippen LogP contribution is -2.36. The Bertz CT molecular complexity index is 294. The predicted octanol–water partition coefficient (Wildman–Crippen LogP) is 1.22. The summed E-state index contributed by atoms with van der Waals surface area (Å²) in [4.78, 5) is 0. The second-order valence-electron chi connectivity index (χ2n) is 2.61. The molecule has 0 spiro atoms. The molecule has 0 aromatic carbocycles. The Morgan fingerprint density at radius 1 is 1.55 bits per heavy atom. The summed E-state index contributed by atoms with van der Waals surface area (Å²) in [5, 5.41) is 0. The van der Waals surface area contributed by atoms with Gasteiger partial charge < -0.3 is 0 Å². The van der Waals surface area contributed by atoms with Crippen molar-refractivity contribution in [3.05, 3.63) is 29.6 Å². The molecule has 0 unspecified atom stereocenters.